The lowest BCUT2D eigenvalue weighted by atomic mass is 9.98. The normalized spacial score (nSPS) is 42.3. The topological polar surface area (TPSA) is 44.7 Å². The summed E-state index contributed by atoms with van der Waals surface area (Å²) in [5.41, 5.74) is -0.0410. The molecule has 2 N–H and O–H groups in total. The Kier molecular flexibility index (Phi) is 4.64. The summed E-state index contributed by atoms with van der Waals surface area (Å²) in [6.07, 6.45) is 3.67. The first-order valence-corrected chi connectivity index (χ1v) is 7.33. The molecule has 1 aliphatic carbocycles. The van der Waals surface area contributed by atoms with Gasteiger partial charge in [-0.3, -0.25) is 4.90 Å². The smallest absolute Gasteiger partial charge is 0.0674 e. The van der Waals surface area contributed by atoms with E-state index in [1.807, 2.05) is 0 Å². The summed E-state index contributed by atoms with van der Waals surface area (Å²) in [6, 6.07) is 1.10. The molecular formula is C14H28N2O2. The monoisotopic (exact) mass is 256 g/mol. The average Bonchev–Trinajstić information content (AvgIpc) is 2.78. The third kappa shape index (κ3) is 2.87. The molecule has 0 bridgehead atoms. The fourth-order valence-electron chi connectivity index (χ4n) is 3.55. The van der Waals surface area contributed by atoms with Crippen molar-refractivity contribution < 1.29 is 9.84 Å². The highest BCUT2D eigenvalue weighted by Gasteiger charge is 2.42. The second kappa shape index (κ2) is 5.87. The number of morpholine rings is 1. The summed E-state index contributed by atoms with van der Waals surface area (Å²) >= 11 is 0. The van der Waals surface area contributed by atoms with Crippen LogP contribution in [0.3, 0.4) is 0 Å². The van der Waals surface area contributed by atoms with E-state index < -0.39 is 0 Å². The maximum Gasteiger partial charge on any atom is 0.0674 e. The number of likely N-dealkylation sites (N-methyl/N-ethyl adjacent to an activating group) is 1. The van der Waals surface area contributed by atoms with E-state index in [-0.39, 0.29) is 12.1 Å². The van der Waals surface area contributed by atoms with Crippen LogP contribution >= 0.6 is 0 Å². The Morgan fingerprint density at radius 3 is 2.89 bits per heavy atom. The Labute approximate surface area is 111 Å². The molecule has 0 radical (unpaired) electrons. The minimum absolute atomic E-state index is 0.0410. The Balaban J connectivity index is 1.98. The van der Waals surface area contributed by atoms with Crippen LogP contribution in [0.5, 0.6) is 0 Å². The van der Waals surface area contributed by atoms with Gasteiger partial charge in [0.25, 0.3) is 0 Å². The van der Waals surface area contributed by atoms with E-state index in [0.29, 0.717) is 18.2 Å². The minimum atomic E-state index is -0.0410. The maximum atomic E-state index is 9.68. The van der Waals surface area contributed by atoms with Gasteiger partial charge in [0.15, 0.2) is 0 Å². The molecule has 2 aliphatic rings. The van der Waals surface area contributed by atoms with Crippen LogP contribution in [0, 0.1) is 0 Å². The molecule has 2 rings (SSSR count). The number of ether oxygens (including phenoxy) is 1. The molecular weight excluding hydrogens is 228 g/mol. The molecule has 1 saturated heterocycles. The molecule has 106 valence electrons. The summed E-state index contributed by atoms with van der Waals surface area (Å²) < 4.78 is 5.70. The standard InChI is InChI=1S/C14H28N2O2/c1-4-15-14(10-17)6-5-13(7-14)16-8-12(3)18-9-11(16)2/h11-13,15,17H,4-10H2,1-3H3. The quantitative estimate of drug-likeness (QED) is 0.787. The van der Waals surface area contributed by atoms with E-state index in [4.69, 9.17) is 4.74 Å². The van der Waals surface area contributed by atoms with Crippen LogP contribution in [0.2, 0.25) is 0 Å². The molecule has 4 heteroatoms. The summed E-state index contributed by atoms with van der Waals surface area (Å²) in [5, 5.41) is 13.2. The highest BCUT2D eigenvalue weighted by atomic mass is 16.5. The highest BCUT2D eigenvalue weighted by Crippen LogP contribution is 2.34. The van der Waals surface area contributed by atoms with Gasteiger partial charge >= 0.3 is 0 Å². The van der Waals surface area contributed by atoms with Gasteiger partial charge < -0.3 is 15.2 Å². The Morgan fingerprint density at radius 2 is 2.22 bits per heavy atom. The first-order chi connectivity index (χ1) is 8.60. The lowest BCUT2D eigenvalue weighted by molar-refractivity contribution is -0.0662. The minimum Gasteiger partial charge on any atom is -0.394 e. The van der Waals surface area contributed by atoms with E-state index in [0.717, 1.165) is 32.5 Å². The molecule has 4 unspecified atom stereocenters. The SMILES string of the molecule is CCNC1(CO)CCC(N2CC(C)OCC2C)C1. The predicted octanol–water partition coefficient (Wildman–Crippen LogP) is 0.989. The van der Waals surface area contributed by atoms with Crippen molar-refractivity contribution in [1.29, 1.82) is 0 Å². The summed E-state index contributed by atoms with van der Waals surface area (Å²) in [5.74, 6) is 0. The second-order valence-corrected chi connectivity index (χ2v) is 6.06. The van der Waals surface area contributed by atoms with Gasteiger partial charge in [0.1, 0.15) is 0 Å². The first-order valence-electron chi connectivity index (χ1n) is 7.33. The summed E-state index contributed by atoms with van der Waals surface area (Å²) in [4.78, 5) is 2.59. The summed E-state index contributed by atoms with van der Waals surface area (Å²) in [6.45, 7) is 9.57. The second-order valence-electron chi connectivity index (χ2n) is 6.06. The molecule has 0 aromatic rings. The number of rotatable bonds is 4. The van der Waals surface area contributed by atoms with Crippen LogP contribution in [0.15, 0.2) is 0 Å². The van der Waals surface area contributed by atoms with E-state index >= 15 is 0 Å². The molecule has 1 heterocycles. The van der Waals surface area contributed by atoms with Crippen LogP contribution in [0.1, 0.15) is 40.0 Å². The van der Waals surface area contributed by atoms with Crippen LogP contribution in [0.25, 0.3) is 0 Å². The lowest BCUT2D eigenvalue weighted by Crippen LogP contribution is -2.53. The zero-order valence-corrected chi connectivity index (χ0v) is 12.0. The fourth-order valence-corrected chi connectivity index (χ4v) is 3.55. The van der Waals surface area contributed by atoms with Crippen molar-refractivity contribution in [2.45, 2.75) is 63.8 Å². The van der Waals surface area contributed by atoms with Gasteiger partial charge in [-0.2, -0.15) is 0 Å². The molecule has 1 saturated carbocycles. The van der Waals surface area contributed by atoms with Crippen molar-refractivity contribution in [2.75, 3.05) is 26.3 Å². The van der Waals surface area contributed by atoms with Crippen LogP contribution < -0.4 is 5.32 Å². The van der Waals surface area contributed by atoms with Crippen molar-refractivity contribution >= 4 is 0 Å². The Bertz CT molecular complexity index is 275. The van der Waals surface area contributed by atoms with Gasteiger partial charge in [-0.15, -0.1) is 0 Å². The lowest BCUT2D eigenvalue weighted by Gasteiger charge is -2.41. The number of nitrogens with one attached hydrogen (secondary N) is 1. The molecule has 4 atom stereocenters. The summed E-state index contributed by atoms with van der Waals surface area (Å²) in [7, 11) is 0. The van der Waals surface area contributed by atoms with Crippen molar-refractivity contribution in [3.05, 3.63) is 0 Å². The van der Waals surface area contributed by atoms with Gasteiger partial charge in [0, 0.05) is 24.2 Å². The number of aliphatic hydroxyl groups is 1. The zero-order chi connectivity index (χ0) is 13.2. The third-order valence-electron chi connectivity index (χ3n) is 4.56. The number of hydrogen-bond acceptors (Lipinski definition) is 4. The van der Waals surface area contributed by atoms with Crippen molar-refractivity contribution in [1.82, 2.24) is 10.2 Å². The molecule has 1 aliphatic heterocycles. The number of aliphatic hydroxyl groups excluding tert-OH is 1. The largest absolute Gasteiger partial charge is 0.394 e. The van der Waals surface area contributed by atoms with Gasteiger partial charge in [0.2, 0.25) is 0 Å². The van der Waals surface area contributed by atoms with E-state index in [9.17, 15) is 5.11 Å². The van der Waals surface area contributed by atoms with E-state index in [1.165, 1.54) is 6.42 Å². The maximum absolute atomic E-state index is 9.68. The molecule has 0 aromatic carbocycles. The number of hydrogen-bond donors (Lipinski definition) is 2. The van der Waals surface area contributed by atoms with Crippen molar-refractivity contribution in [3.63, 3.8) is 0 Å². The van der Waals surface area contributed by atoms with Crippen LogP contribution in [0.4, 0.5) is 0 Å². The average molecular weight is 256 g/mol. The Hall–Kier alpha value is -0.160. The fraction of sp³-hybridized carbons (Fsp3) is 1.00. The Morgan fingerprint density at radius 1 is 1.44 bits per heavy atom. The van der Waals surface area contributed by atoms with Gasteiger partial charge in [-0.05, 0) is 39.7 Å². The van der Waals surface area contributed by atoms with Crippen LogP contribution in [-0.4, -0.2) is 60.0 Å². The zero-order valence-electron chi connectivity index (χ0n) is 12.0. The van der Waals surface area contributed by atoms with E-state index in [1.54, 1.807) is 0 Å². The molecule has 0 aromatic heterocycles. The van der Waals surface area contributed by atoms with Crippen molar-refractivity contribution in [2.24, 2.45) is 0 Å². The van der Waals surface area contributed by atoms with Crippen molar-refractivity contribution in [3.8, 4) is 0 Å². The predicted molar refractivity (Wildman–Crippen MR) is 72.7 cm³/mol. The van der Waals surface area contributed by atoms with Gasteiger partial charge in [-0.1, -0.05) is 6.92 Å². The van der Waals surface area contributed by atoms with Crippen LogP contribution in [-0.2, 0) is 4.74 Å². The van der Waals surface area contributed by atoms with Gasteiger partial charge in [0.05, 0.1) is 19.3 Å². The highest BCUT2D eigenvalue weighted by molar-refractivity contribution is 5.00. The third-order valence-corrected chi connectivity index (χ3v) is 4.56. The molecule has 0 amide bonds. The van der Waals surface area contributed by atoms with Gasteiger partial charge in [-0.25, -0.2) is 0 Å². The molecule has 2 fully saturated rings. The molecule has 0 spiro atoms. The molecule has 4 nitrogen and oxygen atoms in total. The molecule has 18 heavy (non-hydrogen) atoms. The van der Waals surface area contributed by atoms with E-state index in [2.05, 4.69) is 31.0 Å². The first kappa shape index (κ1) is 14.3. The number of nitrogens with zero attached hydrogens (tertiary/aromatic N) is 1.